The van der Waals surface area contributed by atoms with E-state index in [2.05, 4.69) is 0 Å². The van der Waals surface area contributed by atoms with Gasteiger partial charge in [-0.25, -0.2) is 0 Å². The van der Waals surface area contributed by atoms with E-state index in [0.717, 1.165) is 19.1 Å². The lowest BCUT2D eigenvalue weighted by Crippen LogP contribution is -2.79. The van der Waals surface area contributed by atoms with Crippen molar-refractivity contribution < 1.29 is 64.0 Å². The summed E-state index contributed by atoms with van der Waals surface area (Å²) in [7, 11) is 1.23. The lowest BCUT2D eigenvalue weighted by atomic mass is 9.53. The van der Waals surface area contributed by atoms with Crippen molar-refractivity contribution in [3.63, 3.8) is 0 Å². The second-order valence-electron chi connectivity index (χ2n) is 10.3. The molecule has 1 spiro atoms. The van der Waals surface area contributed by atoms with Crippen molar-refractivity contribution in [3.05, 3.63) is 40.2 Å². The molecule has 1 saturated heterocycles. The number of hydrogen-bond acceptors (Lipinski definition) is 13. The van der Waals surface area contributed by atoms with Gasteiger partial charge in [0.2, 0.25) is 17.2 Å². The van der Waals surface area contributed by atoms with Crippen LogP contribution in [0.4, 0.5) is 0 Å². The van der Waals surface area contributed by atoms with Gasteiger partial charge in [-0.15, -0.1) is 0 Å². The summed E-state index contributed by atoms with van der Waals surface area (Å²) in [6, 6.07) is 2.15. The van der Waals surface area contributed by atoms with Crippen molar-refractivity contribution in [1.82, 2.24) is 0 Å². The predicted molar refractivity (Wildman–Crippen MR) is 122 cm³/mol. The van der Waals surface area contributed by atoms with Crippen LogP contribution in [-0.2, 0) is 23.9 Å². The largest absolute Gasteiger partial charge is 0.508 e. The van der Waals surface area contributed by atoms with Crippen LogP contribution in [0.15, 0.2) is 29.0 Å². The van der Waals surface area contributed by atoms with Gasteiger partial charge in [0.05, 0.1) is 18.2 Å². The number of ether oxygens (including phenoxy) is 3. The van der Waals surface area contributed by atoms with Crippen LogP contribution < -0.4 is 4.74 Å². The molecule has 0 unspecified atom stereocenters. The maximum absolute atomic E-state index is 14.1. The Labute approximate surface area is 214 Å². The van der Waals surface area contributed by atoms with Crippen LogP contribution in [0.5, 0.6) is 11.5 Å². The third-order valence-electron chi connectivity index (χ3n) is 7.51. The monoisotopic (exact) mass is 532 g/mol. The highest BCUT2D eigenvalue weighted by atomic mass is 16.8. The highest BCUT2D eigenvalue weighted by molar-refractivity contribution is 6.28. The van der Waals surface area contributed by atoms with Gasteiger partial charge in [0.1, 0.15) is 45.9 Å². The van der Waals surface area contributed by atoms with Crippen LogP contribution in [0.2, 0.25) is 0 Å². The van der Waals surface area contributed by atoms with Crippen LogP contribution in [0.3, 0.4) is 0 Å². The molecule has 5 rings (SSSR count). The van der Waals surface area contributed by atoms with Gasteiger partial charge in [-0.2, -0.15) is 0 Å². The number of methoxy groups -OCH3 is 1. The lowest BCUT2D eigenvalue weighted by molar-refractivity contribution is -0.230. The fourth-order valence-electron chi connectivity index (χ4n) is 5.75. The molecule has 0 radical (unpaired) electrons. The number of hydrogen-bond donors (Lipinski definition) is 6. The zero-order valence-electron chi connectivity index (χ0n) is 20.6. The Kier molecular flexibility index (Phi) is 5.12. The Bertz CT molecular complexity index is 1430. The normalized spacial score (nSPS) is 34.6. The number of allylic oxidation sites excluding steroid dienone is 1. The van der Waals surface area contributed by atoms with Gasteiger partial charge in [-0.05, 0) is 26.8 Å². The van der Waals surface area contributed by atoms with Gasteiger partial charge in [0, 0.05) is 18.1 Å². The third-order valence-corrected chi connectivity index (χ3v) is 7.51. The van der Waals surface area contributed by atoms with Crippen molar-refractivity contribution in [1.29, 1.82) is 0 Å². The first kappa shape index (κ1) is 26.0. The number of fused-ring (bicyclic) bond motifs is 3. The molecule has 5 atom stereocenters. The highest BCUT2D eigenvalue weighted by Gasteiger charge is 2.82. The minimum Gasteiger partial charge on any atom is -0.508 e. The number of ketones is 4. The molecule has 2 fully saturated rings. The van der Waals surface area contributed by atoms with Gasteiger partial charge in [0.25, 0.3) is 0 Å². The minimum absolute atomic E-state index is 0.0337. The Morgan fingerprint density at radius 3 is 2.29 bits per heavy atom. The van der Waals surface area contributed by atoms with E-state index in [1.165, 1.54) is 21.0 Å². The number of benzene rings is 1. The number of aromatic hydroxyl groups is 1. The molecule has 1 heterocycles. The molecule has 1 aromatic carbocycles. The maximum Gasteiger partial charge on any atom is 0.217 e. The molecular formula is C25H24O13. The molecule has 1 aromatic rings. The summed E-state index contributed by atoms with van der Waals surface area (Å²) in [6.45, 7) is 3.30. The first-order valence-electron chi connectivity index (χ1n) is 11.4. The van der Waals surface area contributed by atoms with Crippen molar-refractivity contribution in [2.24, 2.45) is 0 Å². The molecule has 6 N–H and O–H groups in total. The maximum atomic E-state index is 14.1. The number of Topliss-reactive ketones (excluding diaryl/α,β-unsaturated/α-hetero) is 4. The molecule has 38 heavy (non-hydrogen) atoms. The highest BCUT2D eigenvalue weighted by Crippen LogP contribution is 2.61. The van der Waals surface area contributed by atoms with Crippen molar-refractivity contribution in [2.75, 3.05) is 7.11 Å². The molecular weight excluding hydrogens is 508 g/mol. The zero-order chi connectivity index (χ0) is 28.3. The van der Waals surface area contributed by atoms with E-state index in [1.807, 2.05) is 0 Å². The second-order valence-corrected chi connectivity index (χ2v) is 10.3. The third kappa shape index (κ3) is 2.77. The minimum atomic E-state index is -3.48. The van der Waals surface area contributed by atoms with E-state index >= 15 is 0 Å². The topological polar surface area (TPSA) is 217 Å². The molecule has 1 aliphatic heterocycles. The molecule has 13 heteroatoms. The number of rotatable bonds is 3. The molecule has 0 amide bonds. The molecule has 0 bridgehead atoms. The number of carbonyl (C=O) groups excluding carboxylic acids is 4. The Balaban J connectivity index is 1.93. The van der Waals surface area contributed by atoms with E-state index in [4.69, 9.17) is 14.2 Å². The smallest absolute Gasteiger partial charge is 0.217 e. The number of aliphatic hydroxyl groups excluding tert-OH is 2. The fourth-order valence-corrected chi connectivity index (χ4v) is 5.75. The van der Waals surface area contributed by atoms with Crippen molar-refractivity contribution in [3.8, 4) is 11.5 Å². The molecule has 13 nitrogen and oxygen atoms in total. The van der Waals surface area contributed by atoms with Crippen LogP contribution in [0.1, 0.15) is 43.1 Å². The van der Waals surface area contributed by atoms with Gasteiger partial charge in [-0.1, -0.05) is 0 Å². The molecule has 0 aromatic heterocycles. The van der Waals surface area contributed by atoms with E-state index in [1.54, 1.807) is 0 Å². The average Bonchev–Trinajstić information content (AvgIpc) is 3.22. The summed E-state index contributed by atoms with van der Waals surface area (Å²) in [6.07, 6.45) is -5.16. The SMILES string of the molecule is COc1cc(O)c2c(c1)C(=O)[C@]13O[C@@H](C(C)(C)O)O[C@H]1[C@]1(O)CC(=O)C(C(C)=O)=C(O)[C@]1(O)C(=O)C3=C2O. The van der Waals surface area contributed by atoms with Crippen LogP contribution in [-0.4, -0.2) is 95.7 Å². The average molecular weight is 532 g/mol. The van der Waals surface area contributed by atoms with Crippen molar-refractivity contribution >= 4 is 28.9 Å². The number of carbonyl (C=O) groups is 4. The first-order chi connectivity index (χ1) is 17.5. The number of phenolic OH excluding ortho intramolecular Hbond substituents is 1. The van der Waals surface area contributed by atoms with E-state index < -0.39 is 104 Å². The van der Waals surface area contributed by atoms with Crippen LogP contribution in [0.25, 0.3) is 5.76 Å². The predicted octanol–water partition coefficient (Wildman–Crippen LogP) is -0.464. The van der Waals surface area contributed by atoms with E-state index in [-0.39, 0.29) is 5.75 Å². The summed E-state index contributed by atoms with van der Waals surface area (Å²) in [5.74, 6) is -8.34. The van der Waals surface area contributed by atoms with Gasteiger partial charge in [0.15, 0.2) is 23.5 Å². The summed E-state index contributed by atoms with van der Waals surface area (Å²) < 4.78 is 16.6. The summed E-state index contributed by atoms with van der Waals surface area (Å²) in [4.78, 5) is 53.2. The standard InChI is InChI=1S/C25H24O13/c1-8(26)13-12(28)7-23(34)20-24(38-21(37-20)22(2,3)33)15(19(32)25(23,35)18(13)31)16(29)14-10(17(24)30)5-9(36-4)6-11(14)27/h5-6,20-21,27,29,31,33-35H,7H2,1-4H3/t20-,21-,23+,24-,25-/m0/s1. The molecule has 4 aliphatic rings. The Morgan fingerprint density at radius 2 is 1.74 bits per heavy atom. The number of phenols is 1. The van der Waals surface area contributed by atoms with Gasteiger partial charge < -0.3 is 44.8 Å². The fraction of sp³-hybridized carbons (Fsp3) is 0.440. The first-order valence-corrected chi connectivity index (χ1v) is 11.4. The van der Waals surface area contributed by atoms with E-state index in [0.29, 0.717) is 0 Å². The van der Waals surface area contributed by atoms with E-state index in [9.17, 15) is 49.8 Å². The van der Waals surface area contributed by atoms with Crippen LogP contribution >= 0.6 is 0 Å². The van der Waals surface area contributed by atoms with Crippen LogP contribution in [0, 0.1) is 0 Å². The summed E-state index contributed by atoms with van der Waals surface area (Å²) in [5.41, 5.74) is -14.3. The summed E-state index contributed by atoms with van der Waals surface area (Å²) >= 11 is 0. The number of aliphatic hydroxyl groups is 5. The second kappa shape index (κ2) is 7.48. The Hall–Kier alpha value is -3.62. The molecule has 202 valence electrons. The lowest BCUT2D eigenvalue weighted by Gasteiger charge is -2.55. The summed E-state index contributed by atoms with van der Waals surface area (Å²) in [5, 5.41) is 67.0. The zero-order valence-corrected chi connectivity index (χ0v) is 20.6. The molecule has 1 saturated carbocycles. The Morgan fingerprint density at radius 1 is 1.11 bits per heavy atom. The van der Waals surface area contributed by atoms with Crippen molar-refractivity contribution in [2.45, 2.75) is 62.0 Å². The van der Waals surface area contributed by atoms with Gasteiger partial charge >= 0.3 is 0 Å². The quantitative estimate of drug-likeness (QED) is 0.272. The molecule has 3 aliphatic carbocycles. The van der Waals surface area contributed by atoms with Gasteiger partial charge in [-0.3, -0.25) is 19.2 Å².